The number of anilines is 2. The van der Waals surface area contributed by atoms with E-state index in [4.69, 9.17) is 21.1 Å². The topological polar surface area (TPSA) is 111 Å². The Balaban J connectivity index is 1.70. The first-order chi connectivity index (χ1) is 17.5. The van der Waals surface area contributed by atoms with Crippen molar-refractivity contribution >= 4 is 46.7 Å². The minimum absolute atomic E-state index is 0.0120. The quantitative estimate of drug-likeness (QED) is 0.266. The van der Waals surface area contributed by atoms with Crippen molar-refractivity contribution in [3.05, 3.63) is 58.6 Å². The van der Waals surface area contributed by atoms with Crippen molar-refractivity contribution in [1.29, 1.82) is 0 Å². The van der Waals surface area contributed by atoms with Gasteiger partial charge in [-0.05, 0) is 55.3 Å². The summed E-state index contributed by atoms with van der Waals surface area (Å²) in [5.74, 6) is -2.45. The van der Waals surface area contributed by atoms with Crippen LogP contribution in [0.4, 0.5) is 24.5 Å². The van der Waals surface area contributed by atoms with Gasteiger partial charge >= 0.3 is 18.1 Å². The number of benzene rings is 2. The maximum atomic E-state index is 12.8. The third-order valence-corrected chi connectivity index (χ3v) is 5.18. The highest BCUT2D eigenvalue weighted by atomic mass is 35.5. The summed E-state index contributed by atoms with van der Waals surface area (Å²) in [6, 6.07) is 8.60. The van der Waals surface area contributed by atoms with E-state index in [1.165, 1.54) is 12.1 Å². The Kier molecular flexibility index (Phi) is 11.4. The number of esters is 2. The van der Waals surface area contributed by atoms with Gasteiger partial charge in [0.05, 0.1) is 28.4 Å². The van der Waals surface area contributed by atoms with Crippen LogP contribution in [0.2, 0.25) is 5.02 Å². The number of carbonyl (C=O) groups is 4. The summed E-state index contributed by atoms with van der Waals surface area (Å²) in [5, 5.41) is 4.68. The van der Waals surface area contributed by atoms with Crippen LogP contribution in [0.25, 0.3) is 0 Å². The molecule has 2 aromatic carbocycles. The summed E-state index contributed by atoms with van der Waals surface area (Å²) in [4.78, 5) is 47.7. The van der Waals surface area contributed by atoms with E-state index in [9.17, 15) is 32.3 Å². The molecule has 0 bridgehead atoms. The van der Waals surface area contributed by atoms with Crippen LogP contribution in [0.5, 0.6) is 0 Å². The number of ether oxygens (including phenoxy) is 2. The van der Waals surface area contributed by atoms with E-state index >= 15 is 0 Å². The van der Waals surface area contributed by atoms with Crippen molar-refractivity contribution in [2.45, 2.75) is 45.2 Å². The highest BCUT2D eigenvalue weighted by Crippen LogP contribution is 2.33. The number of carbonyl (C=O) groups excluding carboxylic acids is 4. The molecular weight excluding hydrogens is 517 g/mol. The second-order valence-corrected chi connectivity index (χ2v) is 8.28. The number of halogens is 4. The lowest BCUT2D eigenvalue weighted by Crippen LogP contribution is -2.21. The van der Waals surface area contributed by atoms with Gasteiger partial charge < -0.3 is 20.1 Å². The van der Waals surface area contributed by atoms with Gasteiger partial charge in [-0.25, -0.2) is 4.79 Å². The fourth-order valence-electron chi connectivity index (χ4n) is 2.90. The van der Waals surface area contributed by atoms with Crippen molar-refractivity contribution in [2.75, 3.05) is 23.8 Å². The molecule has 0 aliphatic carbocycles. The Morgan fingerprint density at radius 2 is 1.59 bits per heavy atom. The van der Waals surface area contributed by atoms with Gasteiger partial charge in [0.1, 0.15) is 0 Å². The third-order valence-electron chi connectivity index (χ3n) is 4.85. The van der Waals surface area contributed by atoms with Gasteiger partial charge in [0.25, 0.3) is 5.91 Å². The maximum Gasteiger partial charge on any atom is 0.416 e. The molecule has 200 valence electrons. The van der Waals surface area contributed by atoms with E-state index in [0.29, 0.717) is 23.9 Å². The normalized spacial score (nSPS) is 10.9. The van der Waals surface area contributed by atoms with Gasteiger partial charge in [-0.1, -0.05) is 24.9 Å². The zero-order chi connectivity index (χ0) is 27.4. The molecule has 0 aliphatic heterocycles. The number of amides is 2. The van der Waals surface area contributed by atoms with Gasteiger partial charge in [0.2, 0.25) is 5.91 Å². The maximum absolute atomic E-state index is 12.8. The molecular formula is C25H26ClF3N2O6. The van der Waals surface area contributed by atoms with E-state index in [0.717, 1.165) is 25.0 Å². The van der Waals surface area contributed by atoms with Gasteiger partial charge in [-0.2, -0.15) is 13.2 Å². The second kappa shape index (κ2) is 14.2. The largest absolute Gasteiger partial charge is 0.462 e. The first-order valence-electron chi connectivity index (χ1n) is 11.4. The van der Waals surface area contributed by atoms with Crippen molar-refractivity contribution < 1.29 is 41.8 Å². The van der Waals surface area contributed by atoms with E-state index in [1.807, 2.05) is 6.92 Å². The van der Waals surface area contributed by atoms with Crippen LogP contribution in [-0.4, -0.2) is 37.0 Å². The molecule has 0 saturated carbocycles. The van der Waals surface area contributed by atoms with Crippen molar-refractivity contribution in [3.8, 4) is 0 Å². The molecule has 0 aliphatic rings. The molecule has 0 saturated heterocycles. The minimum atomic E-state index is -4.62. The molecule has 37 heavy (non-hydrogen) atoms. The SMILES string of the molecule is CCCCOC(=O)c1ccc(NC(=O)CCCC(=O)OCC(=O)Nc2cc(C(F)(F)F)ccc2Cl)cc1. The summed E-state index contributed by atoms with van der Waals surface area (Å²) in [6.07, 6.45) is -2.98. The Bertz CT molecular complexity index is 1110. The molecule has 0 spiro atoms. The van der Waals surface area contributed by atoms with Crippen molar-refractivity contribution in [3.63, 3.8) is 0 Å². The van der Waals surface area contributed by atoms with E-state index in [-0.39, 0.29) is 35.9 Å². The third kappa shape index (κ3) is 10.5. The smallest absolute Gasteiger partial charge is 0.416 e. The monoisotopic (exact) mass is 542 g/mol. The number of hydrogen-bond acceptors (Lipinski definition) is 6. The summed E-state index contributed by atoms with van der Waals surface area (Å²) in [5.41, 5.74) is -0.447. The summed E-state index contributed by atoms with van der Waals surface area (Å²) < 4.78 is 48.3. The molecule has 2 aromatic rings. The zero-order valence-electron chi connectivity index (χ0n) is 20.0. The van der Waals surface area contributed by atoms with Gasteiger partial charge in [-0.15, -0.1) is 0 Å². The molecule has 0 heterocycles. The molecule has 12 heteroatoms. The molecule has 0 fully saturated rings. The van der Waals surface area contributed by atoms with E-state index in [2.05, 4.69) is 10.6 Å². The Morgan fingerprint density at radius 1 is 0.892 bits per heavy atom. The molecule has 0 atom stereocenters. The number of hydrogen-bond donors (Lipinski definition) is 2. The Morgan fingerprint density at radius 3 is 2.24 bits per heavy atom. The van der Waals surface area contributed by atoms with E-state index < -0.39 is 36.2 Å². The highest BCUT2D eigenvalue weighted by molar-refractivity contribution is 6.33. The van der Waals surface area contributed by atoms with Crippen LogP contribution in [0, 0.1) is 0 Å². The minimum Gasteiger partial charge on any atom is -0.462 e. The lowest BCUT2D eigenvalue weighted by atomic mass is 10.2. The average molecular weight is 543 g/mol. The van der Waals surface area contributed by atoms with Gasteiger partial charge in [-0.3, -0.25) is 14.4 Å². The molecule has 2 N–H and O–H groups in total. The molecule has 2 rings (SSSR count). The number of rotatable bonds is 12. The standard InChI is InChI=1S/C25H26ClF3N2O6/c1-2-3-13-36-24(35)16-7-10-18(11-8-16)30-21(32)5-4-6-23(34)37-15-22(33)31-20-14-17(25(27,28)29)9-12-19(20)26/h7-12,14H,2-6,13,15H2,1H3,(H,30,32)(H,31,33). The predicted octanol–water partition coefficient (Wildman–Crippen LogP) is 5.61. The molecule has 0 unspecified atom stereocenters. The molecule has 0 aromatic heterocycles. The summed E-state index contributed by atoms with van der Waals surface area (Å²) >= 11 is 5.81. The van der Waals surface area contributed by atoms with Crippen LogP contribution in [-0.2, 0) is 30.0 Å². The first kappa shape index (κ1) is 29.6. The number of alkyl halides is 3. The Labute approximate surface area is 216 Å². The van der Waals surface area contributed by atoms with E-state index in [1.54, 1.807) is 12.1 Å². The summed E-state index contributed by atoms with van der Waals surface area (Å²) in [7, 11) is 0. The van der Waals surface area contributed by atoms with Gasteiger partial charge in [0.15, 0.2) is 6.61 Å². The zero-order valence-corrected chi connectivity index (χ0v) is 20.7. The fraction of sp³-hybridized carbons (Fsp3) is 0.360. The van der Waals surface area contributed by atoms with Crippen LogP contribution in [0.3, 0.4) is 0 Å². The van der Waals surface area contributed by atoms with Crippen LogP contribution < -0.4 is 10.6 Å². The number of unbranched alkanes of at least 4 members (excludes halogenated alkanes) is 1. The van der Waals surface area contributed by atoms with Crippen LogP contribution in [0.15, 0.2) is 42.5 Å². The second-order valence-electron chi connectivity index (χ2n) is 7.87. The molecule has 8 nitrogen and oxygen atoms in total. The lowest BCUT2D eigenvalue weighted by Gasteiger charge is -2.12. The van der Waals surface area contributed by atoms with Crippen LogP contribution in [0.1, 0.15) is 54.9 Å². The van der Waals surface area contributed by atoms with Crippen LogP contribution >= 0.6 is 11.6 Å². The van der Waals surface area contributed by atoms with Gasteiger partial charge in [0, 0.05) is 18.5 Å². The summed E-state index contributed by atoms with van der Waals surface area (Å²) in [6.45, 7) is 1.59. The average Bonchev–Trinajstić information content (AvgIpc) is 2.84. The number of nitrogens with one attached hydrogen (secondary N) is 2. The first-order valence-corrected chi connectivity index (χ1v) is 11.8. The van der Waals surface area contributed by atoms with Crippen molar-refractivity contribution in [2.24, 2.45) is 0 Å². The Hall–Kier alpha value is -3.60. The lowest BCUT2D eigenvalue weighted by molar-refractivity contribution is -0.147. The fourth-order valence-corrected chi connectivity index (χ4v) is 3.07. The molecule has 2 amide bonds. The molecule has 0 radical (unpaired) electrons. The van der Waals surface area contributed by atoms with Crippen molar-refractivity contribution in [1.82, 2.24) is 0 Å². The predicted molar refractivity (Wildman–Crippen MR) is 130 cm³/mol. The highest BCUT2D eigenvalue weighted by Gasteiger charge is 2.31.